The number of hydrogen-bond donors (Lipinski definition) is 3. The summed E-state index contributed by atoms with van der Waals surface area (Å²) >= 11 is 0. The Balaban J connectivity index is 1.44. The Bertz CT molecular complexity index is 811. The second-order valence-corrected chi connectivity index (χ2v) is 5.43. The number of H-pyrrole nitrogens is 1. The molecule has 0 fully saturated rings. The molecule has 3 rings (SSSR count). The molecule has 0 radical (unpaired) electrons. The van der Waals surface area contributed by atoms with Crippen molar-refractivity contribution in [3.05, 3.63) is 59.9 Å². The average Bonchev–Trinajstić information content (AvgIpc) is 3.04. The largest absolute Gasteiger partial charge is 0.481 e. The Hall–Kier alpha value is -3.02. The van der Waals surface area contributed by atoms with Crippen LogP contribution in [-0.4, -0.2) is 29.7 Å². The highest BCUT2D eigenvalue weighted by Gasteiger charge is 2.04. The lowest BCUT2D eigenvalue weighted by atomic mass is 10.1. The van der Waals surface area contributed by atoms with Crippen LogP contribution in [0, 0.1) is 0 Å². The van der Waals surface area contributed by atoms with Crippen molar-refractivity contribution in [3.63, 3.8) is 0 Å². The molecule has 0 aliphatic rings. The lowest BCUT2D eigenvalue weighted by Gasteiger charge is -2.08. The number of aromatic amines is 1. The standard InChI is InChI=1S/C18H20N4O2/c1-24-17-7-6-13(10-21-17)11-22-18(23)19-9-8-14-12-20-16-5-3-2-4-15(14)16/h2-7,10,12,20H,8-9,11H2,1H3,(H2,19,22,23). The molecule has 2 heterocycles. The number of carbonyl (C=O) groups is 1. The number of amides is 2. The summed E-state index contributed by atoms with van der Waals surface area (Å²) in [5, 5.41) is 6.88. The van der Waals surface area contributed by atoms with Gasteiger partial charge in [0.15, 0.2) is 0 Å². The van der Waals surface area contributed by atoms with E-state index in [9.17, 15) is 4.79 Å². The monoisotopic (exact) mass is 324 g/mol. The quantitative estimate of drug-likeness (QED) is 0.652. The average molecular weight is 324 g/mol. The summed E-state index contributed by atoms with van der Waals surface area (Å²) in [6.45, 7) is 1.00. The SMILES string of the molecule is COc1ccc(CNC(=O)NCCc2c[nH]c3ccccc23)cn1. The predicted molar refractivity (Wildman–Crippen MR) is 93.0 cm³/mol. The number of methoxy groups -OCH3 is 1. The Morgan fingerprint density at radius 2 is 2.08 bits per heavy atom. The van der Waals surface area contributed by atoms with Crippen molar-refractivity contribution in [2.75, 3.05) is 13.7 Å². The molecular formula is C18H20N4O2. The number of fused-ring (bicyclic) bond motifs is 1. The lowest BCUT2D eigenvalue weighted by Crippen LogP contribution is -2.36. The molecule has 24 heavy (non-hydrogen) atoms. The molecule has 0 aliphatic carbocycles. The van der Waals surface area contributed by atoms with Gasteiger partial charge in [0.2, 0.25) is 5.88 Å². The van der Waals surface area contributed by atoms with Crippen LogP contribution in [0.3, 0.4) is 0 Å². The van der Waals surface area contributed by atoms with Crippen molar-refractivity contribution >= 4 is 16.9 Å². The highest BCUT2D eigenvalue weighted by molar-refractivity contribution is 5.83. The summed E-state index contributed by atoms with van der Waals surface area (Å²) < 4.78 is 5.00. The van der Waals surface area contributed by atoms with E-state index in [1.807, 2.05) is 30.5 Å². The maximum atomic E-state index is 11.9. The molecule has 0 aliphatic heterocycles. The number of nitrogens with zero attached hydrogens (tertiary/aromatic N) is 1. The summed E-state index contributed by atoms with van der Waals surface area (Å²) in [4.78, 5) is 19.2. The number of aromatic nitrogens is 2. The Morgan fingerprint density at radius 1 is 1.21 bits per heavy atom. The van der Waals surface area contributed by atoms with Gasteiger partial charge in [-0.25, -0.2) is 9.78 Å². The van der Waals surface area contributed by atoms with Crippen LogP contribution < -0.4 is 15.4 Å². The Morgan fingerprint density at radius 3 is 2.88 bits per heavy atom. The van der Waals surface area contributed by atoms with E-state index in [1.165, 1.54) is 10.9 Å². The molecule has 124 valence electrons. The molecule has 0 unspecified atom stereocenters. The van der Waals surface area contributed by atoms with Crippen LogP contribution in [0.5, 0.6) is 5.88 Å². The fraction of sp³-hybridized carbons (Fsp3) is 0.222. The van der Waals surface area contributed by atoms with E-state index >= 15 is 0 Å². The van der Waals surface area contributed by atoms with Crippen LogP contribution in [-0.2, 0) is 13.0 Å². The van der Waals surface area contributed by atoms with Crippen LogP contribution in [0.25, 0.3) is 10.9 Å². The number of para-hydroxylation sites is 1. The van der Waals surface area contributed by atoms with Crippen LogP contribution in [0.15, 0.2) is 48.8 Å². The van der Waals surface area contributed by atoms with Crippen LogP contribution in [0.1, 0.15) is 11.1 Å². The zero-order valence-electron chi connectivity index (χ0n) is 13.5. The molecular weight excluding hydrogens is 304 g/mol. The number of urea groups is 1. The highest BCUT2D eigenvalue weighted by Crippen LogP contribution is 2.17. The zero-order valence-corrected chi connectivity index (χ0v) is 13.5. The summed E-state index contributed by atoms with van der Waals surface area (Å²) in [5.74, 6) is 0.557. The second-order valence-electron chi connectivity index (χ2n) is 5.43. The maximum Gasteiger partial charge on any atom is 0.315 e. The normalized spacial score (nSPS) is 10.5. The van der Waals surface area contributed by atoms with Gasteiger partial charge in [-0.2, -0.15) is 0 Å². The molecule has 0 bridgehead atoms. The van der Waals surface area contributed by atoms with Gasteiger partial charge in [0, 0.05) is 42.5 Å². The topological polar surface area (TPSA) is 79.0 Å². The molecule has 0 spiro atoms. The molecule has 2 amide bonds. The number of benzene rings is 1. The van der Waals surface area contributed by atoms with Crippen molar-refractivity contribution in [2.24, 2.45) is 0 Å². The number of hydrogen-bond acceptors (Lipinski definition) is 3. The van der Waals surface area contributed by atoms with Crippen molar-refractivity contribution in [2.45, 2.75) is 13.0 Å². The van der Waals surface area contributed by atoms with Gasteiger partial charge in [-0.1, -0.05) is 24.3 Å². The number of pyridine rings is 1. The van der Waals surface area contributed by atoms with Gasteiger partial charge in [0.25, 0.3) is 0 Å². The van der Waals surface area contributed by atoms with Gasteiger partial charge in [0.05, 0.1) is 7.11 Å². The van der Waals surface area contributed by atoms with Crippen LogP contribution in [0.4, 0.5) is 4.79 Å². The van der Waals surface area contributed by atoms with Gasteiger partial charge in [-0.3, -0.25) is 0 Å². The third kappa shape index (κ3) is 3.84. The second kappa shape index (κ2) is 7.50. The van der Waals surface area contributed by atoms with E-state index in [2.05, 4.69) is 26.7 Å². The number of ether oxygens (including phenoxy) is 1. The van der Waals surface area contributed by atoms with E-state index < -0.39 is 0 Å². The first-order valence-corrected chi connectivity index (χ1v) is 7.82. The predicted octanol–water partition coefficient (Wildman–Crippen LogP) is 2.61. The molecule has 2 aromatic heterocycles. The van der Waals surface area contributed by atoms with E-state index in [0.717, 1.165) is 17.5 Å². The van der Waals surface area contributed by atoms with Gasteiger partial charge >= 0.3 is 6.03 Å². The molecule has 6 nitrogen and oxygen atoms in total. The minimum Gasteiger partial charge on any atom is -0.481 e. The van der Waals surface area contributed by atoms with Crippen LogP contribution >= 0.6 is 0 Å². The number of carbonyl (C=O) groups excluding carboxylic acids is 1. The van der Waals surface area contributed by atoms with Crippen molar-refractivity contribution in [1.82, 2.24) is 20.6 Å². The van der Waals surface area contributed by atoms with Crippen molar-refractivity contribution in [3.8, 4) is 5.88 Å². The first-order valence-electron chi connectivity index (χ1n) is 7.82. The van der Waals surface area contributed by atoms with Gasteiger partial charge in [0.1, 0.15) is 0 Å². The number of nitrogens with one attached hydrogen (secondary N) is 3. The fourth-order valence-electron chi connectivity index (χ4n) is 2.53. The fourth-order valence-corrected chi connectivity index (χ4v) is 2.53. The highest BCUT2D eigenvalue weighted by atomic mass is 16.5. The Kier molecular flexibility index (Phi) is 4.96. The van der Waals surface area contributed by atoms with E-state index in [4.69, 9.17) is 4.74 Å². The first kappa shape index (κ1) is 15.9. The summed E-state index contributed by atoms with van der Waals surface area (Å²) in [6.07, 6.45) is 4.46. The minimum atomic E-state index is -0.189. The third-order valence-corrected chi connectivity index (χ3v) is 3.81. The molecule has 0 saturated heterocycles. The number of rotatable bonds is 6. The molecule has 3 aromatic rings. The molecule has 0 saturated carbocycles. The van der Waals surface area contributed by atoms with E-state index in [-0.39, 0.29) is 6.03 Å². The summed E-state index contributed by atoms with van der Waals surface area (Å²) in [6, 6.07) is 11.6. The van der Waals surface area contributed by atoms with Gasteiger partial charge in [-0.05, 0) is 23.6 Å². The third-order valence-electron chi connectivity index (χ3n) is 3.81. The smallest absolute Gasteiger partial charge is 0.315 e. The first-order chi connectivity index (χ1) is 11.8. The Labute approximate surface area is 140 Å². The van der Waals surface area contributed by atoms with E-state index in [0.29, 0.717) is 19.0 Å². The molecule has 3 N–H and O–H groups in total. The summed E-state index contributed by atoms with van der Waals surface area (Å²) in [5.41, 5.74) is 3.23. The summed E-state index contributed by atoms with van der Waals surface area (Å²) in [7, 11) is 1.57. The maximum absolute atomic E-state index is 11.9. The minimum absolute atomic E-state index is 0.189. The molecule has 1 aromatic carbocycles. The van der Waals surface area contributed by atoms with Crippen molar-refractivity contribution < 1.29 is 9.53 Å². The van der Waals surface area contributed by atoms with Gasteiger partial charge < -0.3 is 20.4 Å². The molecule has 6 heteroatoms. The lowest BCUT2D eigenvalue weighted by molar-refractivity contribution is 0.240. The van der Waals surface area contributed by atoms with Crippen molar-refractivity contribution in [1.29, 1.82) is 0 Å². The molecule has 0 atom stereocenters. The zero-order chi connectivity index (χ0) is 16.8. The van der Waals surface area contributed by atoms with Gasteiger partial charge in [-0.15, -0.1) is 0 Å². The van der Waals surface area contributed by atoms with Crippen LogP contribution in [0.2, 0.25) is 0 Å². The van der Waals surface area contributed by atoms with E-state index in [1.54, 1.807) is 19.4 Å².